The van der Waals surface area contributed by atoms with Crippen molar-refractivity contribution in [3.05, 3.63) is 29.3 Å². The summed E-state index contributed by atoms with van der Waals surface area (Å²) >= 11 is 1.91. The maximum absolute atomic E-state index is 5.62. The molecule has 0 spiro atoms. The van der Waals surface area contributed by atoms with Gasteiger partial charge >= 0.3 is 0 Å². The standard InChI is InChI=1S/C15H26N2S/c1-12-11-15(6-5-14(12)7-9-16)17(3)13(2)8-10-18-4/h5-6,11,13H,7-10,16H2,1-4H3. The van der Waals surface area contributed by atoms with E-state index in [1.807, 2.05) is 11.8 Å². The van der Waals surface area contributed by atoms with E-state index in [-0.39, 0.29) is 0 Å². The zero-order chi connectivity index (χ0) is 13.5. The third-order valence-corrected chi connectivity index (χ3v) is 4.19. The summed E-state index contributed by atoms with van der Waals surface area (Å²) in [6.07, 6.45) is 4.36. The van der Waals surface area contributed by atoms with Gasteiger partial charge in [0.15, 0.2) is 0 Å². The molecule has 0 aliphatic rings. The largest absolute Gasteiger partial charge is 0.372 e. The van der Waals surface area contributed by atoms with Gasteiger partial charge in [0.25, 0.3) is 0 Å². The van der Waals surface area contributed by atoms with Gasteiger partial charge in [-0.3, -0.25) is 0 Å². The Morgan fingerprint density at radius 2 is 2.11 bits per heavy atom. The minimum absolute atomic E-state index is 0.581. The molecule has 0 aliphatic carbocycles. The lowest BCUT2D eigenvalue weighted by molar-refractivity contribution is 0.669. The van der Waals surface area contributed by atoms with Crippen molar-refractivity contribution in [2.24, 2.45) is 5.73 Å². The van der Waals surface area contributed by atoms with Crippen LogP contribution in [0.2, 0.25) is 0 Å². The summed E-state index contributed by atoms with van der Waals surface area (Å²) in [5.41, 5.74) is 9.64. The Morgan fingerprint density at radius 3 is 2.67 bits per heavy atom. The number of hydrogen-bond acceptors (Lipinski definition) is 3. The molecule has 1 rings (SSSR count). The van der Waals surface area contributed by atoms with Crippen molar-refractivity contribution >= 4 is 17.4 Å². The number of anilines is 1. The van der Waals surface area contributed by atoms with E-state index in [1.54, 1.807) is 0 Å². The lowest BCUT2D eigenvalue weighted by atomic mass is 10.0. The summed E-state index contributed by atoms with van der Waals surface area (Å²) in [5, 5.41) is 0. The first-order valence-electron chi connectivity index (χ1n) is 6.61. The van der Waals surface area contributed by atoms with Crippen molar-refractivity contribution in [2.45, 2.75) is 32.7 Å². The van der Waals surface area contributed by atoms with Gasteiger partial charge < -0.3 is 10.6 Å². The predicted octanol–water partition coefficient (Wildman–Crippen LogP) is 3.07. The molecule has 18 heavy (non-hydrogen) atoms. The summed E-state index contributed by atoms with van der Waals surface area (Å²) in [6, 6.07) is 7.29. The molecule has 2 nitrogen and oxygen atoms in total. The molecule has 1 unspecified atom stereocenters. The van der Waals surface area contributed by atoms with Gasteiger partial charge in [-0.05, 0) is 68.5 Å². The number of rotatable bonds is 7. The number of hydrogen-bond donors (Lipinski definition) is 1. The Kier molecular flexibility index (Phi) is 6.58. The number of benzene rings is 1. The molecule has 0 saturated heterocycles. The Bertz CT molecular complexity index is 366. The second-order valence-electron chi connectivity index (χ2n) is 4.89. The van der Waals surface area contributed by atoms with Crippen LogP contribution in [-0.2, 0) is 6.42 Å². The van der Waals surface area contributed by atoms with Crippen LogP contribution < -0.4 is 10.6 Å². The number of nitrogens with zero attached hydrogens (tertiary/aromatic N) is 1. The van der Waals surface area contributed by atoms with E-state index in [4.69, 9.17) is 5.73 Å². The lowest BCUT2D eigenvalue weighted by Gasteiger charge is -2.27. The minimum Gasteiger partial charge on any atom is -0.372 e. The monoisotopic (exact) mass is 266 g/mol. The van der Waals surface area contributed by atoms with Crippen LogP contribution in [0.15, 0.2) is 18.2 Å². The Morgan fingerprint density at radius 1 is 1.39 bits per heavy atom. The van der Waals surface area contributed by atoms with E-state index in [0.717, 1.165) is 13.0 Å². The summed E-state index contributed by atoms with van der Waals surface area (Å²) in [5.74, 6) is 1.22. The van der Waals surface area contributed by atoms with Crippen LogP contribution in [0, 0.1) is 6.92 Å². The molecule has 0 fully saturated rings. The molecular weight excluding hydrogens is 240 g/mol. The minimum atomic E-state index is 0.581. The van der Waals surface area contributed by atoms with E-state index in [2.05, 4.69) is 50.2 Å². The molecule has 0 aromatic heterocycles. The van der Waals surface area contributed by atoms with Gasteiger partial charge in [-0.25, -0.2) is 0 Å². The zero-order valence-corrected chi connectivity index (χ0v) is 12.9. The Hall–Kier alpha value is -0.670. The molecule has 0 bridgehead atoms. The van der Waals surface area contributed by atoms with Crippen LogP contribution in [0.25, 0.3) is 0 Å². The van der Waals surface area contributed by atoms with E-state index in [0.29, 0.717) is 6.04 Å². The van der Waals surface area contributed by atoms with Gasteiger partial charge in [0.05, 0.1) is 0 Å². The molecule has 0 heterocycles. The van der Waals surface area contributed by atoms with Gasteiger partial charge in [0.1, 0.15) is 0 Å². The fourth-order valence-corrected chi connectivity index (χ4v) is 2.65. The maximum atomic E-state index is 5.62. The van der Waals surface area contributed by atoms with Crippen molar-refractivity contribution in [3.63, 3.8) is 0 Å². The molecule has 1 aromatic carbocycles. The molecule has 102 valence electrons. The highest BCUT2D eigenvalue weighted by Crippen LogP contribution is 2.21. The third kappa shape index (κ3) is 4.21. The van der Waals surface area contributed by atoms with E-state index >= 15 is 0 Å². The molecule has 1 aromatic rings. The summed E-state index contributed by atoms with van der Waals surface area (Å²) in [6.45, 7) is 5.19. The van der Waals surface area contributed by atoms with Crippen LogP contribution in [0.3, 0.4) is 0 Å². The van der Waals surface area contributed by atoms with E-state index in [9.17, 15) is 0 Å². The van der Waals surface area contributed by atoms with E-state index in [1.165, 1.54) is 29.0 Å². The summed E-state index contributed by atoms with van der Waals surface area (Å²) in [4.78, 5) is 2.37. The van der Waals surface area contributed by atoms with Crippen molar-refractivity contribution in [1.29, 1.82) is 0 Å². The van der Waals surface area contributed by atoms with Gasteiger partial charge in [-0.2, -0.15) is 11.8 Å². The van der Waals surface area contributed by atoms with Crippen molar-refractivity contribution in [1.82, 2.24) is 0 Å². The first kappa shape index (κ1) is 15.4. The second-order valence-corrected chi connectivity index (χ2v) is 5.88. The summed E-state index contributed by atoms with van der Waals surface area (Å²) < 4.78 is 0. The summed E-state index contributed by atoms with van der Waals surface area (Å²) in [7, 11) is 2.18. The zero-order valence-electron chi connectivity index (χ0n) is 12.1. The van der Waals surface area contributed by atoms with Crippen LogP contribution >= 0.6 is 11.8 Å². The number of aryl methyl sites for hydroxylation is 1. The Balaban J connectivity index is 2.74. The first-order chi connectivity index (χ1) is 8.60. The van der Waals surface area contributed by atoms with Crippen molar-refractivity contribution in [2.75, 3.05) is 30.5 Å². The smallest absolute Gasteiger partial charge is 0.0368 e. The van der Waals surface area contributed by atoms with Gasteiger partial charge in [0, 0.05) is 18.8 Å². The van der Waals surface area contributed by atoms with Crippen molar-refractivity contribution < 1.29 is 0 Å². The maximum Gasteiger partial charge on any atom is 0.0368 e. The molecule has 0 aliphatic heterocycles. The Labute approximate surface area is 116 Å². The normalized spacial score (nSPS) is 12.5. The van der Waals surface area contributed by atoms with E-state index < -0.39 is 0 Å². The highest BCUT2D eigenvalue weighted by Gasteiger charge is 2.10. The fraction of sp³-hybridized carbons (Fsp3) is 0.600. The SMILES string of the molecule is CSCCC(C)N(C)c1ccc(CCN)c(C)c1. The van der Waals surface area contributed by atoms with Crippen LogP contribution in [0.4, 0.5) is 5.69 Å². The molecule has 0 amide bonds. The molecule has 3 heteroatoms. The predicted molar refractivity (Wildman–Crippen MR) is 84.8 cm³/mol. The lowest BCUT2D eigenvalue weighted by Crippen LogP contribution is -2.29. The van der Waals surface area contributed by atoms with Crippen LogP contribution in [-0.4, -0.2) is 31.6 Å². The van der Waals surface area contributed by atoms with Crippen LogP contribution in [0.5, 0.6) is 0 Å². The highest BCUT2D eigenvalue weighted by molar-refractivity contribution is 7.98. The van der Waals surface area contributed by atoms with Gasteiger partial charge in [-0.15, -0.1) is 0 Å². The van der Waals surface area contributed by atoms with Gasteiger partial charge in [-0.1, -0.05) is 6.07 Å². The number of thioether (sulfide) groups is 1. The second kappa shape index (κ2) is 7.70. The molecule has 0 radical (unpaired) electrons. The molecule has 0 saturated carbocycles. The molecule has 2 N–H and O–H groups in total. The number of nitrogens with two attached hydrogens (primary N) is 1. The quantitative estimate of drug-likeness (QED) is 0.822. The fourth-order valence-electron chi connectivity index (χ4n) is 2.07. The topological polar surface area (TPSA) is 29.3 Å². The average Bonchev–Trinajstić information content (AvgIpc) is 2.37. The average molecular weight is 266 g/mol. The van der Waals surface area contributed by atoms with Gasteiger partial charge in [0.2, 0.25) is 0 Å². The first-order valence-corrected chi connectivity index (χ1v) is 8.01. The molecule has 1 atom stereocenters. The van der Waals surface area contributed by atoms with Crippen molar-refractivity contribution in [3.8, 4) is 0 Å². The molecular formula is C15H26N2S. The third-order valence-electron chi connectivity index (χ3n) is 3.55. The highest BCUT2D eigenvalue weighted by atomic mass is 32.2. The van der Waals surface area contributed by atoms with Crippen LogP contribution in [0.1, 0.15) is 24.5 Å².